The molecule has 0 saturated heterocycles. The summed E-state index contributed by atoms with van der Waals surface area (Å²) in [6.07, 6.45) is 1.75. The second kappa shape index (κ2) is 8.53. The highest BCUT2D eigenvalue weighted by Gasteiger charge is 2.12. The molecule has 0 atom stereocenters. The van der Waals surface area contributed by atoms with Crippen molar-refractivity contribution in [2.75, 3.05) is 25.1 Å². The topological polar surface area (TPSA) is 76.7 Å². The number of amides is 2. The highest BCUT2D eigenvalue weighted by Crippen LogP contribution is 2.32. The average Bonchev–Trinajstić information content (AvgIpc) is 3.05. The average molecular weight is 360 g/mol. The van der Waals surface area contributed by atoms with Crippen LogP contribution in [0.5, 0.6) is 11.5 Å². The minimum Gasteiger partial charge on any atom is -0.490 e. The maximum Gasteiger partial charge on any atom is 0.261 e. The Labute approximate surface area is 150 Å². The molecule has 25 heavy (non-hydrogen) atoms. The minimum absolute atomic E-state index is 0.0973. The van der Waals surface area contributed by atoms with Gasteiger partial charge in [0.15, 0.2) is 11.5 Å². The molecule has 2 aromatic rings. The van der Waals surface area contributed by atoms with Gasteiger partial charge >= 0.3 is 0 Å². The molecule has 2 heterocycles. The van der Waals surface area contributed by atoms with Crippen LogP contribution in [0, 0.1) is 0 Å². The number of carbonyl (C=O) groups excluding carboxylic acids is 2. The number of anilines is 1. The van der Waals surface area contributed by atoms with Gasteiger partial charge in [0.2, 0.25) is 5.91 Å². The molecule has 0 aliphatic carbocycles. The van der Waals surface area contributed by atoms with Crippen LogP contribution in [0.3, 0.4) is 0 Å². The molecule has 0 spiro atoms. The number of nitrogens with one attached hydrogen (secondary N) is 2. The van der Waals surface area contributed by atoms with Gasteiger partial charge in [-0.25, -0.2) is 0 Å². The van der Waals surface area contributed by atoms with Gasteiger partial charge in [0.05, 0.1) is 18.1 Å². The van der Waals surface area contributed by atoms with E-state index < -0.39 is 0 Å². The van der Waals surface area contributed by atoms with E-state index >= 15 is 0 Å². The molecule has 0 fully saturated rings. The normalized spacial score (nSPS) is 13.0. The van der Waals surface area contributed by atoms with Gasteiger partial charge < -0.3 is 20.1 Å². The van der Waals surface area contributed by atoms with Crippen LogP contribution in [-0.4, -0.2) is 31.6 Å². The lowest BCUT2D eigenvalue weighted by Gasteiger charge is -2.10. The Morgan fingerprint density at radius 2 is 1.96 bits per heavy atom. The van der Waals surface area contributed by atoms with E-state index in [2.05, 4.69) is 10.6 Å². The summed E-state index contributed by atoms with van der Waals surface area (Å²) in [6, 6.07) is 8.98. The first-order chi connectivity index (χ1) is 12.2. The predicted octanol–water partition coefficient (Wildman–Crippen LogP) is 3.06. The van der Waals surface area contributed by atoms with E-state index in [-0.39, 0.29) is 11.8 Å². The third kappa shape index (κ3) is 4.96. The van der Waals surface area contributed by atoms with Crippen LogP contribution in [0.4, 0.5) is 5.69 Å². The highest BCUT2D eigenvalue weighted by molar-refractivity contribution is 7.12. The monoisotopic (exact) mass is 360 g/mol. The molecule has 0 radical (unpaired) electrons. The predicted molar refractivity (Wildman–Crippen MR) is 96.6 cm³/mol. The van der Waals surface area contributed by atoms with Crippen molar-refractivity contribution in [1.82, 2.24) is 5.32 Å². The fourth-order valence-corrected chi connectivity index (χ4v) is 3.05. The fourth-order valence-electron chi connectivity index (χ4n) is 2.41. The summed E-state index contributed by atoms with van der Waals surface area (Å²) in [6.45, 7) is 1.70. The van der Waals surface area contributed by atoms with Gasteiger partial charge in [-0.3, -0.25) is 9.59 Å². The molecule has 2 amide bonds. The van der Waals surface area contributed by atoms with Crippen LogP contribution in [0.2, 0.25) is 0 Å². The summed E-state index contributed by atoms with van der Waals surface area (Å²) in [4.78, 5) is 24.5. The molecule has 0 bridgehead atoms. The molecule has 2 N–H and O–H groups in total. The first-order valence-electron chi connectivity index (χ1n) is 8.23. The second-order valence-corrected chi connectivity index (χ2v) is 6.54. The van der Waals surface area contributed by atoms with Crippen molar-refractivity contribution in [2.24, 2.45) is 0 Å². The molecule has 0 saturated carbocycles. The van der Waals surface area contributed by atoms with E-state index in [1.54, 1.807) is 24.3 Å². The quantitative estimate of drug-likeness (QED) is 0.776. The van der Waals surface area contributed by atoms with E-state index in [0.29, 0.717) is 54.7 Å². The van der Waals surface area contributed by atoms with Crippen molar-refractivity contribution in [3.8, 4) is 11.5 Å². The molecule has 1 aromatic heterocycles. The summed E-state index contributed by atoms with van der Waals surface area (Å²) in [5.74, 6) is 1.16. The van der Waals surface area contributed by atoms with Crippen LogP contribution < -0.4 is 20.1 Å². The summed E-state index contributed by atoms with van der Waals surface area (Å²) in [5, 5.41) is 7.51. The van der Waals surface area contributed by atoms with Gasteiger partial charge in [0.25, 0.3) is 5.91 Å². The smallest absolute Gasteiger partial charge is 0.261 e. The van der Waals surface area contributed by atoms with E-state index in [0.717, 1.165) is 6.42 Å². The van der Waals surface area contributed by atoms with Crippen LogP contribution >= 0.6 is 11.3 Å². The summed E-state index contributed by atoms with van der Waals surface area (Å²) in [5.41, 5.74) is 0.678. The van der Waals surface area contributed by atoms with Crippen molar-refractivity contribution in [3.63, 3.8) is 0 Å². The minimum atomic E-state index is -0.0988. The highest BCUT2D eigenvalue weighted by atomic mass is 32.1. The number of thiophene rings is 1. The molecular formula is C18H20N2O4S. The zero-order chi connectivity index (χ0) is 17.5. The summed E-state index contributed by atoms with van der Waals surface area (Å²) < 4.78 is 11.2. The van der Waals surface area contributed by atoms with Crippen LogP contribution in [0.25, 0.3) is 0 Å². The number of benzene rings is 1. The van der Waals surface area contributed by atoms with E-state index in [4.69, 9.17) is 9.47 Å². The van der Waals surface area contributed by atoms with Gasteiger partial charge in [-0.05, 0) is 30.0 Å². The number of rotatable bonds is 6. The maximum absolute atomic E-state index is 12.0. The number of ether oxygens (including phenoxy) is 2. The molecule has 1 aliphatic rings. The molecule has 132 valence electrons. The largest absolute Gasteiger partial charge is 0.490 e. The van der Waals surface area contributed by atoms with Crippen molar-refractivity contribution in [1.29, 1.82) is 0 Å². The summed E-state index contributed by atoms with van der Waals surface area (Å²) >= 11 is 1.40. The van der Waals surface area contributed by atoms with Gasteiger partial charge in [-0.1, -0.05) is 6.07 Å². The molecule has 0 unspecified atom stereocenters. The fraction of sp³-hybridized carbons (Fsp3) is 0.333. The van der Waals surface area contributed by atoms with Crippen LogP contribution in [0.15, 0.2) is 35.7 Å². The Morgan fingerprint density at radius 1 is 1.12 bits per heavy atom. The SMILES string of the molecule is O=C(CCCNC(=O)c1cccs1)Nc1ccc2c(c1)OCCCO2. The number of carbonyl (C=O) groups is 2. The zero-order valence-corrected chi connectivity index (χ0v) is 14.6. The molecule has 1 aliphatic heterocycles. The molecule has 3 rings (SSSR count). The van der Waals surface area contributed by atoms with E-state index in [9.17, 15) is 9.59 Å². The zero-order valence-electron chi connectivity index (χ0n) is 13.7. The van der Waals surface area contributed by atoms with Gasteiger partial charge in [0, 0.05) is 31.1 Å². The van der Waals surface area contributed by atoms with Crippen LogP contribution in [0.1, 0.15) is 28.9 Å². The Kier molecular flexibility index (Phi) is 5.90. The van der Waals surface area contributed by atoms with Crippen molar-refractivity contribution in [3.05, 3.63) is 40.6 Å². The number of fused-ring (bicyclic) bond motifs is 1. The van der Waals surface area contributed by atoms with Crippen molar-refractivity contribution in [2.45, 2.75) is 19.3 Å². The van der Waals surface area contributed by atoms with Gasteiger partial charge in [0.1, 0.15) is 0 Å². The van der Waals surface area contributed by atoms with Gasteiger partial charge in [-0.15, -0.1) is 11.3 Å². The Bertz CT molecular complexity index is 731. The number of hydrogen-bond acceptors (Lipinski definition) is 5. The molecular weight excluding hydrogens is 340 g/mol. The lowest BCUT2D eigenvalue weighted by molar-refractivity contribution is -0.116. The molecule has 1 aromatic carbocycles. The maximum atomic E-state index is 12.0. The lowest BCUT2D eigenvalue weighted by atomic mass is 10.2. The Hall–Kier alpha value is -2.54. The third-order valence-electron chi connectivity index (χ3n) is 3.64. The first-order valence-corrected chi connectivity index (χ1v) is 9.11. The van der Waals surface area contributed by atoms with E-state index in [1.165, 1.54) is 11.3 Å². The van der Waals surface area contributed by atoms with Crippen molar-refractivity contribution >= 4 is 28.8 Å². The second-order valence-electron chi connectivity index (χ2n) is 5.60. The van der Waals surface area contributed by atoms with Gasteiger partial charge in [-0.2, -0.15) is 0 Å². The first kappa shape index (κ1) is 17.3. The molecule has 7 heteroatoms. The Morgan fingerprint density at radius 3 is 2.76 bits per heavy atom. The number of hydrogen-bond donors (Lipinski definition) is 2. The van der Waals surface area contributed by atoms with E-state index in [1.807, 2.05) is 11.4 Å². The third-order valence-corrected chi connectivity index (χ3v) is 4.51. The van der Waals surface area contributed by atoms with Crippen LogP contribution in [-0.2, 0) is 4.79 Å². The van der Waals surface area contributed by atoms with Crippen molar-refractivity contribution < 1.29 is 19.1 Å². The Balaban J connectivity index is 1.42. The molecule has 6 nitrogen and oxygen atoms in total. The summed E-state index contributed by atoms with van der Waals surface area (Å²) in [7, 11) is 0. The lowest BCUT2D eigenvalue weighted by Crippen LogP contribution is -2.24. The standard InChI is InChI=1S/C18H20N2O4S/c21-17(5-1-8-19-18(22)16-4-2-11-25-16)20-13-6-7-14-15(12-13)24-10-3-9-23-14/h2,4,6-7,11-12H,1,3,5,8-10H2,(H,19,22)(H,20,21).